The fraction of sp³-hybridized carbons (Fsp3) is 0.100. The summed E-state index contributed by atoms with van der Waals surface area (Å²) in [6.07, 6.45) is 3.24. The topological polar surface area (TPSA) is 60.5 Å². The van der Waals surface area contributed by atoms with E-state index in [9.17, 15) is 4.79 Å². The fourth-order valence-corrected chi connectivity index (χ4v) is 2.30. The Morgan fingerprint density at radius 3 is 2.48 bits per heavy atom. The summed E-state index contributed by atoms with van der Waals surface area (Å²) < 4.78 is 11.2. The molecule has 1 amide bonds. The highest BCUT2D eigenvalue weighted by molar-refractivity contribution is 6.04. The molecule has 0 fully saturated rings. The van der Waals surface area contributed by atoms with Gasteiger partial charge in [-0.15, -0.1) is 0 Å². The third kappa shape index (κ3) is 4.35. The molecule has 5 heteroatoms. The minimum Gasteiger partial charge on any atom is -0.493 e. The number of hydrogen-bond acceptors (Lipinski definition) is 4. The molecular weight excluding hydrogens is 316 g/mol. The first-order valence-electron chi connectivity index (χ1n) is 7.82. The average molecular weight is 334 g/mol. The van der Waals surface area contributed by atoms with Gasteiger partial charge in [-0.25, -0.2) is 0 Å². The Bertz CT molecular complexity index is 836. The molecule has 0 unspecified atom stereocenters. The lowest BCUT2D eigenvalue weighted by Crippen LogP contribution is -2.12. The number of benzene rings is 2. The molecule has 0 aliphatic heterocycles. The summed E-state index contributed by atoms with van der Waals surface area (Å²) in [6.45, 7) is 0.430. The van der Waals surface area contributed by atoms with Crippen LogP contribution in [0, 0.1) is 0 Å². The third-order valence-electron chi connectivity index (χ3n) is 3.60. The molecule has 0 spiro atoms. The number of hydrogen-bond donors (Lipinski definition) is 1. The summed E-state index contributed by atoms with van der Waals surface area (Å²) in [6, 6.07) is 18.4. The van der Waals surface area contributed by atoms with E-state index >= 15 is 0 Å². The van der Waals surface area contributed by atoms with E-state index in [-0.39, 0.29) is 5.91 Å². The maximum absolute atomic E-state index is 12.3. The van der Waals surface area contributed by atoms with E-state index in [2.05, 4.69) is 10.3 Å². The molecule has 5 nitrogen and oxygen atoms in total. The Morgan fingerprint density at radius 2 is 1.76 bits per heavy atom. The molecule has 1 aromatic heterocycles. The second-order valence-electron chi connectivity index (χ2n) is 5.33. The molecule has 0 saturated carbocycles. The summed E-state index contributed by atoms with van der Waals surface area (Å²) in [5.74, 6) is 0.879. The Balaban J connectivity index is 1.71. The Morgan fingerprint density at radius 1 is 1.00 bits per heavy atom. The van der Waals surface area contributed by atoms with Crippen LogP contribution >= 0.6 is 0 Å². The number of aromatic nitrogens is 1. The lowest BCUT2D eigenvalue weighted by molar-refractivity contribution is 0.102. The maximum Gasteiger partial charge on any atom is 0.255 e. The standard InChI is InChI=1S/C20H18N2O3/c1-24-19-13-16(20(23)22-17-9-11-21-12-10-17)7-8-18(19)25-14-15-5-3-2-4-6-15/h2-13H,14H2,1H3,(H,21,22,23). The van der Waals surface area contributed by atoms with Gasteiger partial charge >= 0.3 is 0 Å². The van der Waals surface area contributed by atoms with Crippen LogP contribution in [-0.2, 0) is 6.61 Å². The molecule has 2 aromatic carbocycles. The predicted octanol–water partition coefficient (Wildman–Crippen LogP) is 3.92. The van der Waals surface area contributed by atoms with Gasteiger partial charge in [0.25, 0.3) is 5.91 Å². The third-order valence-corrected chi connectivity index (χ3v) is 3.60. The first kappa shape index (κ1) is 16.5. The number of anilines is 1. The van der Waals surface area contributed by atoms with E-state index in [1.54, 1.807) is 49.8 Å². The zero-order valence-corrected chi connectivity index (χ0v) is 13.8. The quantitative estimate of drug-likeness (QED) is 0.742. The summed E-state index contributed by atoms with van der Waals surface area (Å²) in [4.78, 5) is 16.3. The number of ether oxygens (including phenoxy) is 2. The molecule has 126 valence electrons. The normalized spacial score (nSPS) is 10.1. The number of nitrogens with zero attached hydrogens (tertiary/aromatic N) is 1. The van der Waals surface area contributed by atoms with E-state index in [4.69, 9.17) is 9.47 Å². The van der Waals surface area contributed by atoms with Crippen LogP contribution in [0.1, 0.15) is 15.9 Å². The van der Waals surface area contributed by atoms with Crippen LogP contribution in [0.4, 0.5) is 5.69 Å². The van der Waals surface area contributed by atoms with Gasteiger partial charge in [0.05, 0.1) is 7.11 Å². The van der Waals surface area contributed by atoms with Crippen LogP contribution in [0.5, 0.6) is 11.5 Å². The number of nitrogens with one attached hydrogen (secondary N) is 1. The molecule has 0 aliphatic rings. The zero-order valence-electron chi connectivity index (χ0n) is 13.8. The fourth-order valence-electron chi connectivity index (χ4n) is 2.30. The van der Waals surface area contributed by atoms with Gasteiger partial charge in [0, 0.05) is 23.6 Å². The summed E-state index contributed by atoms with van der Waals surface area (Å²) >= 11 is 0. The van der Waals surface area contributed by atoms with Crippen molar-refractivity contribution in [1.82, 2.24) is 4.98 Å². The predicted molar refractivity (Wildman–Crippen MR) is 96.0 cm³/mol. The Kier molecular flexibility index (Phi) is 5.26. The lowest BCUT2D eigenvalue weighted by Gasteiger charge is -2.12. The number of carbonyl (C=O) groups excluding carboxylic acids is 1. The lowest BCUT2D eigenvalue weighted by atomic mass is 10.2. The molecular formula is C20H18N2O3. The highest BCUT2D eigenvalue weighted by Crippen LogP contribution is 2.29. The van der Waals surface area contributed by atoms with Gasteiger partial charge < -0.3 is 14.8 Å². The van der Waals surface area contributed by atoms with Gasteiger partial charge in [-0.3, -0.25) is 9.78 Å². The monoisotopic (exact) mass is 334 g/mol. The number of methoxy groups -OCH3 is 1. The molecule has 0 saturated heterocycles. The van der Waals surface area contributed by atoms with Gasteiger partial charge in [-0.2, -0.15) is 0 Å². The summed E-state index contributed by atoms with van der Waals surface area (Å²) in [5, 5.41) is 2.81. The van der Waals surface area contributed by atoms with Gasteiger partial charge in [-0.1, -0.05) is 30.3 Å². The molecule has 1 N–H and O–H groups in total. The number of pyridine rings is 1. The minimum absolute atomic E-state index is 0.223. The van der Waals surface area contributed by atoms with Gasteiger partial charge in [-0.05, 0) is 35.9 Å². The molecule has 0 bridgehead atoms. The van der Waals surface area contributed by atoms with Crippen molar-refractivity contribution < 1.29 is 14.3 Å². The highest BCUT2D eigenvalue weighted by Gasteiger charge is 2.11. The number of carbonyl (C=O) groups is 1. The molecule has 0 aliphatic carbocycles. The minimum atomic E-state index is -0.223. The largest absolute Gasteiger partial charge is 0.493 e. The van der Waals surface area contributed by atoms with Gasteiger partial charge in [0.2, 0.25) is 0 Å². The van der Waals surface area contributed by atoms with Crippen LogP contribution in [0.15, 0.2) is 73.1 Å². The van der Waals surface area contributed by atoms with Crippen LogP contribution in [0.3, 0.4) is 0 Å². The van der Waals surface area contributed by atoms with Crippen molar-refractivity contribution in [3.8, 4) is 11.5 Å². The van der Waals surface area contributed by atoms with E-state index < -0.39 is 0 Å². The van der Waals surface area contributed by atoms with Crippen LogP contribution in [0.25, 0.3) is 0 Å². The first-order chi connectivity index (χ1) is 12.3. The summed E-state index contributed by atoms with van der Waals surface area (Å²) in [7, 11) is 1.55. The average Bonchev–Trinajstić information content (AvgIpc) is 2.67. The van der Waals surface area contributed by atoms with Crippen molar-refractivity contribution in [3.05, 3.63) is 84.2 Å². The Labute approximate surface area is 146 Å². The van der Waals surface area contributed by atoms with Crippen molar-refractivity contribution in [2.75, 3.05) is 12.4 Å². The first-order valence-corrected chi connectivity index (χ1v) is 7.82. The summed E-state index contributed by atoms with van der Waals surface area (Å²) in [5.41, 5.74) is 2.23. The zero-order chi connectivity index (χ0) is 17.5. The van der Waals surface area contributed by atoms with Crippen LogP contribution in [0.2, 0.25) is 0 Å². The van der Waals surface area contributed by atoms with Crippen LogP contribution in [-0.4, -0.2) is 18.0 Å². The number of rotatable bonds is 6. The van der Waals surface area contributed by atoms with Crippen LogP contribution < -0.4 is 14.8 Å². The SMILES string of the molecule is COc1cc(C(=O)Nc2ccncc2)ccc1OCc1ccccc1. The van der Waals surface area contributed by atoms with Crippen molar-refractivity contribution >= 4 is 11.6 Å². The molecule has 3 rings (SSSR count). The highest BCUT2D eigenvalue weighted by atomic mass is 16.5. The van der Waals surface area contributed by atoms with Gasteiger partial charge in [0.1, 0.15) is 6.61 Å². The second kappa shape index (κ2) is 7.97. The van der Waals surface area contributed by atoms with E-state index in [1.165, 1.54) is 0 Å². The molecule has 3 aromatic rings. The van der Waals surface area contributed by atoms with Gasteiger partial charge in [0.15, 0.2) is 11.5 Å². The second-order valence-corrected chi connectivity index (χ2v) is 5.33. The van der Waals surface area contributed by atoms with E-state index in [0.29, 0.717) is 29.4 Å². The smallest absolute Gasteiger partial charge is 0.255 e. The van der Waals surface area contributed by atoms with E-state index in [0.717, 1.165) is 5.56 Å². The van der Waals surface area contributed by atoms with Crippen molar-refractivity contribution in [1.29, 1.82) is 0 Å². The molecule has 1 heterocycles. The van der Waals surface area contributed by atoms with Crippen molar-refractivity contribution in [2.45, 2.75) is 6.61 Å². The molecule has 0 radical (unpaired) electrons. The van der Waals surface area contributed by atoms with Crippen molar-refractivity contribution in [3.63, 3.8) is 0 Å². The van der Waals surface area contributed by atoms with E-state index in [1.807, 2.05) is 30.3 Å². The maximum atomic E-state index is 12.3. The van der Waals surface area contributed by atoms with Crippen molar-refractivity contribution in [2.24, 2.45) is 0 Å². The molecule has 0 atom stereocenters. The Hall–Kier alpha value is -3.34. The molecule has 25 heavy (non-hydrogen) atoms. The number of amides is 1.